The molecule has 1 aliphatic rings. The molecule has 2 aromatic carbocycles. The Morgan fingerprint density at radius 3 is 2.31 bits per heavy atom. The Labute approximate surface area is 196 Å². The van der Waals surface area contributed by atoms with E-state index in [2.05, 4.69) is 23.2 Å². The Bertz CT molecular complexity index is 1070. The summed E-state index contributed by atoms with van der Waals surface area (Å²) in [6, 6.07) is 24.4. The van der Waals surface area contributed by atoms with Crippen LogP contribution in [0.25, 0.3) is 0 Å². The molecule has 32 heavy (non-hydrogen) atoms. The van der Waals surface area contributed by atoms with Crippen LogP contribution in [0, 0.1) is 11.3 Å². The quantitative estimate of drug-likeness (QED) is 0.352. The summed E-state index contributed by atoms with van der Waals surface area (Å²) in [5, 5.41) is 8.78. The van der Waals surface area contributed by atoms with Gasteiger partial charge in [-0.1, -0.05) is 55.7 Å². The monoisotopic (exact) mass is 445 g/mol. The van der Waals surface area contributed by atoms with Crippen molar-refractivity contribution in [2.24, 2.45) is 0 Å². The smallest absolute Gasteiger partial charge is 0.242 e. The fourth-order valence-electron chi connectivity index (χ4n) is 4.68. The summed E-state index contributed by atoms with van der Waals surface area (Å²) in [5.74, 6) is 0.147. The average Bonchev–Trinajstić information content (AvgIpc) is 3.05. The number of pyridine rings is 1. The second-order valence-electron chi connectivity index (χ2n) is 8.18. The molecule has 5 heteroatoms. The molecular formula is C27H28ClN3O. The van der Waals surface area contributed by atoms with Gasteiger partial charge in [0, 0.05) is 24.5 Å². The molecule has 1 atom stereocenters. The molecule has 0 saturated heterocycles. The van der Waals surface area contributed by atoms with Crippen LogP contribution in [0.5, 0.6) is 0 Å². The number of aromatic nitrogens is 1. The lowest BCUT2D eigenvalue weighted by molar-refractivity contribution is -0.122. The van der Waals surface area contributed by atoms with E-state index in [0.717, 1.165) is 54.6 Å². The standard InChI is InChI=1S/C27H27N3O.ClH/c28-18-10-3-1-2-9-17-27(21-22-15-19-29-20-16-22)24-13-7-8-14-25(24)30(26(27)31)23-11-5-4-6-12-23;/h4-8,11-16,19-20H,1-3,9-10,17,21H2;1H. The number of nitriles is 1. The molecule has 0 radical (unpaired) electrons. The molecule has 4 nitrogen and oxygen atoms in total. The Hall–Kier alpha value is -3.16. The fourth-order valence-corrected chi connectivity index (χ4v) is 4.68. The zero-order valence-electron chi connectivity index (χ0n) is 18.1. The van der Waals surface area contributed by atoms with Crippen LogP contribution >= 0.6 is 12.4 Å². The molecule has 0 aliphatic carbocycles. The lowest BCUT2D eigenvalue weighted by atomic mass is 9.73. The Morgan fingerprint density at radius 2 is 1.56 bits per heavy atom. The lowest BCUT2D eigenvalue weighted by Crippen LogP contribution is -2.40. The third-order valence-corrected chi connectivity index (χ3v) is 6.18. The summed E-state index contributed by atoms with van der Waals surface area (Å²) in [6.45, 7) is 0. The number of rotatable bonds is 9. The number of nitrogens with zero attached hydrogens (tertiary/aromatic N) is 3. The number of para-hydroxylation sites is 2. The van der Waals surface area contributed by atoms with Crippen molar-refractivity contribution in [1.82, 2.24) is 4.98 Å². The molecular weight excluding hydrogens is 418 g/mol. The van der Waals surface area contributed by atoms with Crippen molar-refractivity contribution in [2.75, 3.05) is 4.90 Å². The Balaban J connectivity index is 0.00000289. The molecule has 1 aromatic heterocycles. The van der Waals surface area contributed by atoms with Gasteiger partial charge < -0.3 is 0 Å². The van der Waals surface area contributed by atoms with Crippen molar-refractivity contribution < 1.29 is 4.79 Å². The highest BCUT2D eigenvalue weighted by atomic mass is 35.5. The molecule has 0 fully saturated rings. The summed E-state index contributed by atoms with van der Waals surface area (Å²) in [5.41, 5.74) is 3.53. The first kappa shape index (κ1) is 23.5. The van der Waals surface area contributed by atoms with Gasteiger partial charge in [0.05, 0.1) is 17.2 Å². The highest BCUT2D eigenvalue weighted by Gasteiger charge is 2.50. The predicted octanol–water partition coefficient (Wildman–Crippen LogP) is 6.53. The van der Waals surface area contributed by atoms with Crippen LogP contribution < -0.4 is 4.90 Å². The normalized spacial score (nSPS) is 16.8. The molecule has 0 saturated carbocycles. The fraction of sp³-hybridized carbons (Fsp3) is 0.296. The summed E-state index contributed by atoms with van der Waals surface area (Å²) in [4.78, 5) is 20.2. The van der Waals surface area contributed by atoms with E-state index >= 15 is 0 Å². The first-order valence-corrected chi connectivity index (χ1v) is 11.0. The highest BCUT2D eigenvalue weighted by Crippen LogP contribution is 2.49. The van der Waals surface area contributed by atoms with E-state index in [1.165, 1.54) is 0 Å². The summed E-state index contributed by atoms with van der Waals surface area (Å²) < 4.78 is 0. The van der Waals surface area contributed by atoms with Crippen LogP contribution in [-0.4, -0.2) is 10.9 Å². The maximum Gasteiger partial charge on any atom is 0.242 e. The second kappa shape index (κ2) is 10.9. The second-order valence-corrected chi connectivity index (χ2v) is 8.18. The largest absolute Gasteiger partial charge is 0.280 e. The van der Waals surface area contributed by atoms with E-state index in [-0.39, 0.29) is 18.3 Å². The number of hydrogen-bond acceptors (Lipinski definition) is 3. The van der Waals surface area contributed by atoms with Crippen molar-refractivity contribution in [3.05, 3.63) is 90.3 Å². The van der Waals surface area contributed by atoms with Crippen LogP contribution in [0.1, 0.15) is 49.7 Å². The van der Waals surface area contributed by atoms with Crippen LogP contribution in [-0.2, 0) is 16.6 Å². The van der Waals surface area contributed by atoms with Gasteiger partial charge in [0.25, 0.3) is 0 Å². The van der Waals surface area contributed by atoms with E-state index in [0.29, 0.717) is 12.8 Å². The van der Waals surface area contributed by atoms with Crippen molar-refractivity contribution in [3.8, 4) is 6.07 Å². The van der Waals surface area contributed by atoms with Gasteiger partial charge in [-0.2, -0.15) is 5.26 Å². The third kappa shape index (κ3) is 4.69. The number of fused-ring (bicyclic) bond motifs is 1. The zero-order chi connectivity index (χ0) is 21.5. The summed E-state index contributed by atoms with van der Waals surface area (Å²) in [7, 11) is 0. The third-order valence-electron chi connectivity index (χ3n) is 6.18. The molecule has 4 rings (SSSR count). The summed E-state index contributed by atoms with van der Waals surface area (Å²) in [6.07, 6.45) is 9.58. The molecule has 0 spiro atoms. The van der Waals surface area contributed by atoms with Crippen LogP contribution in [0.2, 0.25) is 0 Å². The van der Waals surface area contributed by atoms with Crippen LogP contribution in [0.4, 0.5) is 11.4 Å². The number of anilines is 2. The SMILES string of the molecule is Cl.N#CCCCCCCC1(Cc2ccncc2)C(=O)N(c2ccccc2)c2ccccc21. The number of carbonyl (C=O) groups excluding carboxylic acids is 1. The van der Waals surface area contributed by atoms with E-state index < -0.39 is 5.41 Å². The first-order valence-electron chi connectivity index (χ1n) is 11.0. The van der Waals surface area contributed by atoms with E-state index in [1.54, 1.807) is 12.4 Å². The Kier molecular flexibility index (Phi) is 8.03. The number of benzene rings is 2. The van der Waals surface area contributed by atoms with Gasteiger partial charge in [0.1, 0.15) is 0 Å². The van der Waals surface area contributed by atoms with E-state index in [1.807, 2.05) is 59.5 Å². The highest BCUT2D eigenvalue weighted by molar-refractivity contribution is 6.13. The van der Waals surface area contributed by atoms with Gasteiger partial charge in [-0.15, -0.1) is 12.4 Å². The van der Waals surface area contributed by atoms with Gasteiger partial charge in [-0.05, 0) is 60.7 Å². The average molecular weight is 446 g/mol. The van der Waals surface area contributed by atoms with Crippen LogP contribution in [0.15, 0.2) is 79.1 Å². The van der Waals surface area contributed by atoms with Crippen molar-refractivity contribution in [1.29, 1.82) is 5.26 Å². The molecule has 164 valence electrons. The van der Waals surface area contributed by atoms with Gasteiger partial charge in [0.15, 0.2) is 0 Å². The minimum atomic E-state index is -0.594. The minimum Gasteiger partial charge on any atom is -0.280 e. The molecule has 3 aromatic rings. The first-order chi connectivity index (χ1) is 15.3. The number of amides is 1. The zero-order valence-corrected chi connectivity index (χ0v) is 18.9. The molecule has 0 N–H and O–H groups in total. The van der Waals surface area contributed by atoms with Gasteiger partial charge in [-0.3, -0.25) is 14.7 Å². The van der Waals surface area contributed by atoms with Crippen molar-refractivity contribution >= 4 is 29.7 Å². The summed E-state index contributed by atoms with van der Waals surface area (Å²) >= 11 is 0. The van der Waals surface area contributed by atoms with E-state index in [9.17, 15) is 4.79 Å². The number of hydrogen-bond donors (Lipinski definition) is 0. The maximum absolute atomic E-state index is 14.1. The molecule has 2 heterocycles. The maximum atomic E-state index is 14.1. The Morgan fingerprint density at radius 1 is 0.875 bits per heavy atom. The van der Waals surface area contributed by atoms with E-state index in [4.69, 9.17) is 5.26 Å². The lowest BCUT2D eigenvalue weighted by Gasteiger charge is -2.29. The molecule has 1 unspecified atom stereocenters. The number of carbonyl (C=O) groups is 1. The molecule has 0 bridgehead atoms. The molecule has 1 amide bonds. The van der Waals surface area contributed by atoms with Crippen LogP contribution in [0.3, 0.4) is 0 Å². The minimum absolute atomic E-state index is 0. The number of halogens is 1. The van der Waals surface area contributed by atoms with Gasteiger partial charge >= 0.3 is 0 Å². The van der Waals surface area contributed by atoms with Crippen molar-refractivity contribution in [3.63, 3.8) is 0 Å². The molecule has 1 aliphatic heterocycles. The number of unbranched alkanes of at least 4 members (excludes halogenated alkanes) is 4. The van der Waals surface area contributed by atoms with Gasteiger partial charge in [-0.25, -0.2) is 0 Å². The topological polar surface area (TPSA) is 57.0 Å². The predicted molar refractivity (Wildman–Crippen MR) is 130 cm³/mol. The van der Waals surface area contributed by atoms with Crippen molar-refractivity contribution in [2.45, 2.75) is 50.4 Å². The van der Waals surface area contributed by atoms with Gasteiger partial charge in [0.2, 0.25) is 5.91 Å².